The molecule has 5 heteroatoms. The summed E-state index contributed by atoms with van der Waals surface area (Å²) in [7, 11) is 0. The van der Waals surface area contributed by atoms with Crippen LogP contribution in [0, 0.1) is 6.92 Å². The van der Waals surface area contributed by atoms with E-state index in [1.165, 1.54) is 12.1 Å². The van der Waals surface area contributed by atoms with Gasteiger partial charge >= 0.3 is 6.18 Å². The average Bonchev–Trinajstić information content (AvgIpc) is 2.40. The van der Waals surface area contributed by atoms with E-state index in [0.29, 0.717) is 11.1 Å². The molecule has 0 heterocycles. The molecule has 2 aromatic carbocycles. The summed E-state index contributed by atoms with van der Waals surface area (Å²) in [5.74, 6) is -0.643. The second kappa shape index (κ2) is 5.23. The zero-order valence-corrected chi connectivity index (χ0v) is 12.5. The van der Waals surface area contributed by atoms with Crippen molar-refractivity contribution in [2.75, 3.05) is 0 Å². The van der Waals surface area contributed by atoms with Gasteiger partial charge in [-0.3, -0.25) is 0 Å². The van der Waals surface area contributed by atoms with E-state index in [1.807, 2.05) is 0 Å². The highest BCUT2D eigenvalue weighted by Crippen LogP contribution is 2.40. The van der Waals surface area contributed by atoms with E-state index < -0.39 is 22.9 Å². The molecular formula is C17H17F3O2. The number of aromatic hydroxyl groups is 2. The summed E-state index contributed by atoms with van der Waals surface area (Å²) in [4.78, 5) is 0. The minimum atomic E-state index is -4.61. The molecular weight excluding hydrogens is 293 g/mol. The van der Waals surface area contributed by atoms with Crippen molar-refractivity contribution >= 4 is 0 Å². The summed E-state index contributed by atoms with van der Waals surface area (Å²) >= 11 is 0. The van der Waals surface area contributed by atoms with Gasteiger partial charge in [0.05, 0.1) is 5.56 Å². The summed E-state index contributed by atoms with van der Waals surface area (Å²) in [5, 5.41) is 19.0. The van der Waals surface area contributed by atoms with Crippen molar-refractivity contribution in [2.45, 2.75) is 32.4 Å². The van der Waals surface area contributed by atoms with E-state index in [0.717, 1.165) is 17.7 Å². The Balaban J connectivity index is 2.56. The third kappa shape index (κ3) is 2.89. The Hall–Kier alpha value is -2.17. The van der Waals surface area contributed by atoms with Crippen LogP contribution in [-0.2, 0) is 11.6 Å². The molecule has 0 spiro atoms. The van der Waals surface area contributed by atoms with Crippen molar-refractivity contribution in [1.29, 1.82) is 0 Å². The Morgan fingerprint density at radius 3 is 1.82 bits per heavy atom. The zero-order valence-electron chi connectivity index (χ0n) is 12.5. The van der Waals surface area contributed by atoms with Gasteiger partial charge in [0.25, 0.3) is 0 Å². The van der Waals surface area contributed by atoms with Crippen LogP contribution < -0.4 is 0 Å². The molecule has 22 heavy (non-hydrogen) atoms. The Labute approximate surface area is 126 Å². The van der Waals surface area contributed by atoms with Crippen LogP contribution in [0.2, 0.25) is 0 Å². The summed E-state index contributed by atoms with van der Waals surface area (Å²) in [6, 6.07) is 8.47. The maximum absolute atomic E-state index is 12.9. The van der Waals surface area contributed by atoms with Crippen molar-refractivity contribution in [3.63, 3.8) is 0 Å². The van der Waals surface area contributed by atoms with Gasteiger partial charge in [0.1, 0.15) is 11.5 Å². The lowest BCUT2D eigenvalue weighted by molar-refractivity contribution is -0.138. The first kappa shape index (κ1) is 16.2. The Bertz CT molecular complexity index is 704. The van der Waals surface area contributed by atoms with E-state index in [4.69, 9.17) is 0 Å². The smallest absolute Gasteiger partial charge is 0.419 e. The van der Waals surface area contributed by atoms with Gasteiger partial charge < -0.3 is 10.2 Å². The van der Waals surface area contributed by atoms with Crippen LogP contribution in [0.15, 0.2) is 36.4 Å². The van der Waals surface area contributed by atoms with Gasteiger partial charge in [0.15, 0.2) is 0 Å². The molecule has 0 aliphatic heterocycles. The molecule has 0 aliphatic rings. The lowest BCUT2D eigenvalue weighted by atomic mass is 9.77. The largest absolute Gasteiger partial charge is 0.508 e. The number of alkyl halides is 3. The van der Waals surface area contributed by atoms with Gasteiger partial charge in [0.2, 0.25) is 0 Å². The van der Waals surface area contributed by atoms with E-state index in [2.05, 4.69) is 0 Å². The standard InChI is InChI=1S/C17H17F3O2/c1-10-8-11(4-6-14(10)21)16(2,3)12-5-7-15(22)13(9-12)17(18,19)20/h4-9,21-22H,1-3H3. The van der Waals surface area contributed by atoms with Crippen molar-refractivity contribution < 1.29 is 23.4 Å². The van der Waals surface area contributed by atoms with E-state index in [9.17, 15) is 23.4 Å². The number of hydrogen-bond donors (Lipinski definition) is 2. The van der Waals surface area contributed by atoms with Crippen molar-refractivity contribution in [3.05, 3.63) is 58.7 Å². The van der Waals surface area contributed by atoms with Gasteiger partial charge in [-0.1, -0.05) is 32.0 Å². The number of phenolic OH excluding ortho intramolecular Hbond substituents is 2. The molecule has 0 amide bonds. The van der Waals surface area contributed by atoms with Crippen LogP contribution in [-0.4, -0.2) is 10.2 Å². The lowest BCUT2D eigenvalue weighted by Crippen LogP contribution is -2.20. The molecule has 0 saturated carbocycles. The molecule has 118 valence electrons. The molecule has 0 aromatic heterocycles. The Morgan fingerprint density at radius 1 is 0.818 bits per heavy atom. The second-order valence-electron chi connectivity index (χ2n) is 5.86. The van der Waals surface area contributed by atoms with Crippen molar-refractivity contribution in [1.82, 2.24) is 0 Å². The van der Waals surface area contributed by atoms with Crippen LogP contribution in [0.5, 0.6) is 11.5 Å². The molecule has 2 N–H and O–H groups in total. The van der Waals surface area contributed by atoms with Gasteiger partial charge in [0, 0.05) is 5.41 Å². The predicted octanol–water partition coefficient (Wildman–Crippen LogP) is 4.75. The Morgan fingerprint density at radius 2 is 1.32 bits per heavy atom. The topological polar surface area (TPSA) is 40.5 Å². The number of rotatable bonds is 2. The number of aryl methyl sites for hydroxylation is 1. The number of halogens is 3. The number of phenols is 2. The van der Waals surface area contributed by atoms with Crippen LogP contribution in [0.25, 0.3) is 0 Å². The fraction of sp³-hybridized carbons (Fsp3) is 0.294. The summed E-state index contributed by atoms with van der Waals surface area (Å²) in [6.07, 6.45) is -4.61. The first-order valence-electron chi connectivity index (χ1n) is 6.74. The fourth-order valence-corrected chi connectivity index (χ4v) is 2.36. The van der Waals surface area contributed by atoms with E-state index >= 15 is 0 Å². The van der Waals surface area contributed by atoms with E-state index in [-0.39, 0.29) is 5.75 Å². The van der Waals surface area contributed by atoms with Gasteiger partial charge in [-0.05, 0) is 41.8 Å². The molecule has 0 unspecified atom stereocenters. The predicted molar refractivity (Wildman–Crippen MR) is 78.1 cm³/mol. The SMILES string of the molecule is Cc1cc(C(C)(C)c2ccc(O)c(C(F)(F)F)c2)ccc1O. The molecule has 2 aromatic rings. The molecule has 0 saturated heterocycles. The first-order chi connectivity index (χ1) is 10.0. The normalized spacial score (nSPS) is 12.5. The molecule has 2 rings (SSSR count). The maximum Gasteiger partial charge on any atom is 0.419 e. The number of benzene rings is 2. The maximum atomic E-state index is 12.9. The van der Waals surface area contributed by atoms with Gasteiger partial charge in [-0.15, -0.1) is 0 Å². The highest BCUT2D eigenvalue weighted by Gasteiger charge is 2.35. The Kier molecular flexibility index (Phi) is 3.85. The van der Waals surface area contributed by atoms with Crippen LogP contribution in [0.1, 0.15) is 36.1 Å². The molecule has 0 bridgehead atoms. The lowest BCUT2D eigenvalue weighted by Gasteiger charge is -2.27. The van der Waals surface area contributed by atoms with Gasteiger partial charge in [-0.25, -0.2) is 0 Å². The minimum Gasteiger partial charge on any atom is -0.508 e. The summed E-state index contributed by atoms with van der Waals surface area (Å²) in [6.45, 7) is 5.32. The third-order valence-corrected chi connectivity index (χ3v) is 3.94. The molecule has 2 nitrogen and oxygen atoms in total. The van der Waals surface area contributed by atoms with Gasteiger partial charge in [-0.2, -0.15) is 13.2 Å². The number of hydrogen-bond acceptors (Lipinski definition) is 2. The quantitative estimate of drug-likeness (QED) is 0.840. The van der Waals surface area contributed by atoms with Crippen molar-refractivity contribution in [2.24, 2.45) is 0 Å². The molecule has 0 fully saturated rings. The fourth-order valence-electron chi connectivity index (χ4n) is 2.36. The van der Waals surface area contributed by atoms with Crippen molar-refractivity contribution in [3.8, 4) is 11.5 Å². The monoisotopic (exact) mass is 310 g/mol. The molecule has 0 atom stereocenters. The summed E-state index contributed by atoms with van der Waals surface area (Å²) in [5.41, 5.74) is 0.116. The third-order valence-electron chi connectivity index (χ3n) is 3.94. The van der Waals surface area contributed by atoms with Crippen LogP contribution in [0.4, 0.5) is 13.2 Å². The minimum absolute atomic E-state index is 0.140. The molecule has 0 radical (unpaired) electrons. The van der Waals surface area contributed by atoms with Crippen LogP contribution in [0.3, 0.4) is 0 Å². The highest BCUT2D eigenvalue weighted by molar-refractivity contribution is 5.47. The van der Waals surface area contributed by atoms with Crippen LogP contribution >= 0.6 is 0 Å². The molecule has 0 aliphatic carbocycles. The van der Waals surface area contributed by atoms with E-state index in [1.54, 1.807) is 32.9 Å². The second-order valence-corrected chi connectivity index (χ2v) is 5.86. The zero-order chi connectivity index (χ0) is 16.7. The summed E-state index contributed by atoms with van der Waals surface area (Å²) < 4.78 is 38.8. The first-order valence-corrected chi connectivity index (χ1v) is 6.74. The highest BCUT2D eigenvalue weighted by atomic mass is 19.4. The average molecular weight is 310 g/mol.